The molecular formula is C14H22N4O. The van der Waals surface area contributed by atoms with E-state index >= 15 is 0 Å². The van der Waals surface area contributed by atoms with Gasteiger partial charge in [-0.2, -0.15) is 5.10 Å². The van der Waals surface area contributed by atoms with Crippen LogP contribution in [0.4, 0.5) is 0 Å². The van der Waals surface area contributed by atoms with Gasteiger partial charge in [0.15, 0.2) is 0 Å². The van der Waals surface area contributed by atoms with Crippen LogP contribution in [0, 0.1) is 0 Å². The quantitative estimate of drug-likeness (QED) is 0.869. The molecule has 1 unspecified atom stereocenters. The third kappa shape index (κ3) is 2.52. The average Bonchev–Trinajstić information content (AvgIpc) is 3.08. The van der Waals surface area contributed by atoms with E-state index in [0.717, 1.165) is 56.7 Å². The van der Waals surface area contributed by atoms with Gasteiger partial charge in [0.05, 0.1) is 11.3 Å². The SMILES string of the molecule is Cn1cc(C(=O)N2CCCC2)c(C2CCCNC2)n1. The number of carbonyl (C=O) groups excluding carboxylic acids is 1. The van der Waals surface area contributed by atoms with E-state index in [1.807, 2.05) is 18.1 Å². The van der Waals surface area contributed by atoms with Crippen LogP contribution in [-0.4, -0.2) is 46.8 Å². The predicted octanol–water partition coefficient (Wildman–Crippen LogP) is 1.12. The first-order chi connectivity index (χ1) is 9.25. The number of amides is 1. The van der Waals surface area contributed by atoms with Crippen LogP contribution >= 0.6 is 0 Å². The van der Waals surface area contributed by atoms with E-state index in [1.165, 1.54) is 6.42 Å². The van der Waals surface area contributed by atoms with Gasteiger partial charge in [-0.3, -0.25) is 9.48 Å². The van der Waals surface area contributed by atoms with Crippen molar-refractivity contribution in [2.75, 3.05) is 26.2 Å². The Morgan fingerprint density at radius 3 is 2.84 bits per heavy atom. The van der Waals surface area contributed by atoms with E-state index in [2.05, 4.69) is 10.4 Å². The Kier molecular flexibility index (Phi) is 3.55. The molecule has 1 aromatic rings. The molecule has 1 amide bonds. The summed E-state index contributed by atoms with van der Waals surface area (Å²) in [4.78, 5) is 14.5. The standard InChI is InChI=1S/C14H22N4O/c1-17-10-12(14(19)18-7-2-3-8-18)13(16-17)11-5-4-6-15-9-11/h10-11,15H,2-9H2,1H3. The number of hydrogen-bond donors (Lipinski definition) is 1. The number of piperidine rings is 1. The number of carbonyl (C=O) groups is 1. The van der Waals surface area contributed by atoms with Crippen molar-refractivity contribution >= 4 is 5.91 Å². The van der Waals surface area contributed by atoms with Gasteiger partial charge in [-0.25, -0.2) is 0 Å². The topological polar surface area (TPSA) is 50.2 Å². The van der Waals surface area contributed by atoms with Crippen molar-refractivity contribution < 1.29 is 4.79 Å². The van der Waals surface area contributed by atoms with Crippen LogP contribution in [0.25, 0.3) is 0 Å². The summed E-state index contributed by atoms with van der Waals surface area (Å²) in [5.74, 6) is 0.558. The molecule has 0 saturated carbocycles. The molecule has 1 N–H and O–H groups in total. The molecule has 19 heavy (non-hydrogen) atoms. The number of nitrogens with one attached hydrogen (secondary N) is 1. The van der Waals surface area contributed by atoms with Crippen molar-refractivity contribution in [2.45, 2.75) is 31.6 Å². The monoisotopic (exact) mass is 262 g/mol. The van der Waals surface area contributed by atoms with Crippen LogP contribution in [0.3, 0.4) is 0 Å². The molecule has 0 radical (unpaired) electrons. The van der Waals surface area contributed by atoms with E-state index < -0.39 is 0 Å². The lowest BCUT2D eigenvalue weighted by Gasteiger charge is -2.23. The molecule has 2 aliphatic heterocycles. The molecule has 3 heterocycles. The first-order valence-corrected chi connectivity index (χ1v) is 7.29. The predicted molar refractivity (Wildman–Crippen MR) is 73.2 cm³/mol. The minimum Gasteiger partial charge on any atom is -0.339 e. The van der Waals surface area contributed by atoms with Gasteiger partial charge >= 0.3 is 0 Å². The number of likely N-dealkylation sites (tertiary alicyclic amines) is 1. The molecule has 2 fully saturated rings. The van der Waals surface area contributed by atoms with E-state index in [9.17, 15) is 4.79 Å². The fraction of sp³-hybridized carbons (Fsp3) is 0.714. The molecule has 5 heteroatoms. The van der Waals surface area contributed by atoms with Gasteiger partial charge in [-0.15, -0.1) is 0 Å². The highest BCUT2D eigenvalue weighted by Crippen LogP contribution is 2.26. The molecule has 1 atom stereocenters. The molecule has 2 saturated heterocycles. The van der Waals surface area contributed by atoms with Crippen molar-refractivity contribution in [1.82, 2.24) is 20.0 Å². The van der Waals surface area contributed by atoms with E-state index in [1.54, 1.807) is 4.68 Å². The first kappa shape index (κ1) is 12.7. The fourth-order valence-electron chi connectivity index (χ4n) is 3.15. The van der Waals surface area contributed by atoms with E-state index in [0.29, 0.717) is 5.92 Å². The second-order valence-electron chi connectivity index (χ2n) is 5.64. The lowest BCUT2D eigenvalue weighted by Crippen LogP contribution is -2.32. The Morgan fingerprint density at radius 2 is 2.16 bits per heavy atom. The van der Waals surface area contributed by atoms with Crippen LogP contribution in [-0.2, 0) is 7.05 Å². The maximum Gasteiger partial charge on any atom is 0.257 e. The van der Waals surface area contributed by atoms with Crippen molar-refractivity contribution in [3.05, 3.63) is 17.5 Å². The van der Waals surface area contributed by atoms with Gasteiger partial charge in [0.25, 0.3) is 5.91 Å². The lowest BCUT2D eigenvalue weighted by molar-refractivity contribution is 0.0791. The molecular weight excluding hydrogens is 240 g/mol. The van der Waals surface area contributed by atoms with E-state index in [-0.39, 0.29) is 5.91 Å². The zero-order valence-corrected chi connectivity index (χ0v) is 11.6. The van der Waals surface area contributed by atoms with Crippen molar-refractivity contribution in [1.29, 1.82) is 0 Å². The van der Waals surface area contributed by atoms with Gasteiger partial charge in [0.1, 0.15) is 0 Å². The smallest absolute Gasteiger partial charge is 0.257 e. The van der Waals surface area contributed by atoms with Gasteiger partial charge in [-0.1, -0.05) is 0 Å². The fourth-order valence-corrected chi connectivity index (χ4v) is 3.15. The minimum atomic E-state index is 0.172. The molecule has 2 aliphatic rings. The van der Waals surface area contributed by atoms with Crippen molar-refractivity contribution in [3.63, 3.8) is 0 Å². The Hall–Kier alpha value is -1.36. The number of aromatic nitrogens is 2. The summed E-state index contributed by atoms with van der Waals surface area (Å²) in [5.41, 5.74) is 1.81. The summed E-state index contributed by atoms with van der Waals surface area (Å²) >= 11 is 0. The first-order valence-electron chi connectivity index (χ1n) is 7.29. The van der Waals surface area contributed by atoms with Gasteiger partial charge in [0, 0.05) is 38.8 Å². The minimum absolute atomic E-state index is 0.172. The molecule has 104 valence electrons. The molecule has 0 spiro atoms. The lowest BCUT2D eigenvalue weighted by atomic mass is 9.93. The largest absolute Gasteiger partial charge is 0.339 e. The number of nitrogens with zero attached hydrogens (tertiary/aromatic N) is 3. The summed E-state index contributed by atoms with van der Waals surface area (Å²) in [6.07, 6.45) is 6.45. The molecule has 0 aliphatic carbocycles. The number of rotatable bonds is 2. The summed E-state index contributed by atoms with van der Waals surface area (Å²) in [7, 11) is 1.90. The second kappa shape index (κ2) is 5.33. The summed E-state index contributed by atoms with van der Waals surface area (Å²) in [6, 6.07) is 0. The number of aryl methyl sites for hydroxylation is 1. The van der Waals surface area contributed by atoms with Crippen molar-refractivity contribution in [2.24, 2.45) is 7.05 Å². The highest BCUT2D eigenvalue weighted by Gasteiger charge is 2.28. The molecule has 0 aromatic carbocycles. The zero-order chi connectivity index (χ0) is 13.2. The highest BCUT2D eigenvalue weighted by molar-refractivity contribution is 5.95. The molecule has 0 bridgehead atoms. The maximum atomic E-state index is 12.6. The number of hydrogen-bond acceptors (Lipinski definition) is 3. The van der Waals surface area contributed by atoms with Crippen LogP contribution in [0.1, 0.15) is 47.7 Å². The van der Waals surface area contributed by atoms with Crippen molar-refractivity contribution in [3.8, 4) is 0 Å². The van der Waals surface area contributed by atoms with Gasteiger partial charge in [-0.05, 0) is 32.2 Å². The summed E-state index contributed by atoms with van der Waals surface area (Å²) < 4.78 is 1.78. The molecule has 1 aromatic heterocycles. The Bertz CT molecular complexity index is 456. The van der Waals surface area contributed by atoms with Gasteiger partial charge in [0.2, 0.25) is 0 Å². The Balaban J connectivity index is 1.85. The zero-order valence-electron chi connectivity index (χ0n) is 11.6. The average molecular weight is 262 g/mol. The normalized spacial score (nSPS) is 23.8. The Morgan fingerprint density at radius 1 is 1.37 bits per heavy atom. The Labute approximate surface area is 114 Å². The van der Waals surface area contributed by atoms with Crippen LogP contribution in [0.2, 0.25) is 0 Å². The summed E-state index contributed by atoms with van der Waals surface area (Å²) in [6.45, 7) is 3.82. The molecule has 3 rings (SSSR count). The van der Waals surface area contributed by atoms with Crippen LogP contribution < -0.4 is 5.32 Å². The van der Waals surface area contributed by atoms with Crippen LogP contribution in [0.5, 0.6) is 0 Å². The third-order valence-corrected chi connectivity index (χ3v) is 4.16. The third-order valence-electron chi connectivity index (χ3n) is 4.16. The second-order valence-corrected chi connectivity index (χ2v) is 5.64. The van der Waals surface area contributed by atoms with Crippen LogP contribution in [0.15, 0.2) is 6.20 Å². The maximum absolute atomic E-state index is 12.6. The summed E-state index contributed by atoms with van der Waals surface area (Å²) in [5, 5.41) is 7.96. The van der Waals surface area contributed by atoms with Gasteiger partial charge < -0.3 is 10.2 Å². The van der Waals surface area contributed by atoms with E-state index in [4.69, 9.17) is 0 Å². The highest BCUT2D eigenvalue weighted by atomic mass is 16.2. The molecule has 5 nitrogen and oxygen atoms in total.